The number of amides is 5. The van der Waals surface area contributed by atoms with Crippen molar-refractivity contribution in [1.82, 2.24) is 10.2 Å². The summed E-state index contributed by atoms with van der Waals surface area (Å²) in [4.78, 5) is 80.2. The van der Waals surface area contributed by atoms with Crippen LogP contribution in [0.25, 0.3) is 0 Å². The number of halogens is 6. The molecule has 0 spiro atoms. The maximum absolute atomic E-state index is 11.7. The molecule has 4 rings (SSSR count). The Bertz CT molecular complexity index is 3340. The van der Waals surface area contributed by atoms with Crippen LogP contribution >= 0.6 is 45.2 Å². The Hall–Kier alpha value is -3.03. The van der Waals surface area contributed by atoms with Gasteiger partial charge < -0.3 is 38.6 Å². The van der Waals surface area contributed by atoms with E-state index >= 15 is 0 Å². The first-order chi connectivity index (χ1) is 63.5. The predicted molar refractivity (Wildman–Crippen MR) is 680 cm³/mol. The van der Waals surface area contributed by atoms with Gasteiger partial charge in [0.1, 0.15) is 0 Å². The molecule has 0 aromatic heterocycles. The maximum atomic E-state index is 11.7. The van der Waals surface area contributed by atoms with Gasteiger partial charge in [0.2, 0.25) is 29.5 Å². The van der Waals surface area contributed by atoms with Crippen molar-refractivity contribution in [2.45, 2.75) is 472 Å². The first-order valence-corrected chi connectivity index (χ1v) is 89.4. The third kappa shape index (κ3) is 150. The summed E-state index contributed by atoms with van der Waals surface area (Å²) in [6, 6.07) is 42.3. The van der Waals surface area contributed by atoms with Crippen molar-refractivity contribution in [2.75, 3.05) is 68.4 Å². The average molecular weight is 2390 g/mol. The molecule has 0 fully saturated rings. The molecule has 0 aliphatic rings. The molecule has 5 amide bonds. The molecular weight excluding hydrogens is 2160 g/mol. The molecule has 0 bridgehead atoms. The van der Waals surface area contributed by atoms with Crippen LogP contribution in [-0.4, -0.2) is 194 Å². The Morgan fingerprint density at radius 1 is 0.440 bits per heavy atom. The Kier molecular flexibility index (Phi) is 117. The quantitative estimate of drug-likeness (QED) is 0.0228. The van der Waals surface area contributed by atoms with E-state index in [1.54, 1.807) is 72.4 Å². The molecule has 0 aliphatic heterocycles. The lowest BCUT2D eigenvalue weighted by Gasteiger charge is -2.30. The van der Waals surface area contributed by atoms with Gasteiger partial charge in [-0.05, 0) is 141 Å². The lowest BCUT2D eigenvalue weighted by molar-refractivity contribution is -0.140. The summed E-state index contributed by atoms with van der Waals surface area (Å²) in [6.45, 7) is 123. The minimum Gasteiger partial charge on any atom is -0.466 e. The smallest absolute Gasteiger partial charge is 0.388 e. The first kappa shape index (κ1) is 171. The molecule has 0 heterocycles. The predicted octanol–water partition coefficient (Wildman–Crippen LogP) is 35.4. The molecule has 0 radical (unpaired) electrons. The van der Waals surface area contributed by atoms with E-state index in [1.807, 2.05) is 119 Å². The van der Waals surface area contributed by atoms with Gasteiger partial charge in [-0.15, -0.1) is 0 Å². The van der Waals surface area contributed by atoms with Crippen molar-refractivity contribution in [3.8, 4) is 0 Å². The van der Waals surface area contributed by atoms with Crippen molar-refractivity contribution >= 4 is 195 Å². The number of carbonyl (C=O) groups is 6. The van der Waals surface area contributed by atoms with Gasteiger partial charge in [-0.2, -0.15) is 13.2 Å². The molecule has 1 atom stereocenters. The number of rotatable bonds is 24. The number of alkyl halides is 6. The summed E-state index contributed by atoms with van der Waals surface area (Å²) in [5, 5.41) is 7.14. The van der Waals surface area contributed by atoms with Gasteiger partial charge in [-0.1, -0.05) is 445 Å². The Balaban J connectivity index is -0.0000000936. The van der Waals surface area contributed by atoms with Gasteiger partial charge in [0.15, 0.2) is 25.0 Å². The number of para-hydroxylation sites is 2. The highest BCUT2D eigenvalue weighted by molar-refractivity contribution is 14.1. The second kappa shape index (κ2) is 96.5. The first-order valence-electron chi connectivity index (χ1n) is 52.4. The third-order valence-electron chi connectivity index (χ3n) is 18.7. The molecule has 0 saturated carbocycles. The van der Waals surface area contributed by atoms with Crippen LogP contribution in [0.1, 0.15) is 252 Å². The second-order valence-corrected chi connectivity index (χ2v) is 102. The van der Waals surface area contributed by atoms with E-state index in [0.717, 1.165) is 65.7 Å². The Morgan fingerprint density at radius 2 is 0.745 bits per heavy atom. The zero-order valence-electron chi connectivity index (χ0n) is 104. The number of ether oxygens (including phenoxy) is 1. The number of hydrogen-bond acceptors (Lipinski definition) is 9. The molecule has 4 aromatic rings. The van der Waals surface area contributed by atoms with Crippen LogP contribution in [0.5, 0.6) is 0 Å². The molecule has 14 nitrogen and oxygen atoms in total. The highest BCUT2D eigenvalue weighted by Crippen LogP contribution is 2.24. The van der Waals surface area contributed by atoms with Gasteiger partial charge in [0.05, 0.1) is 46.1 Å². The summed E-state index contributed by atoms with van der Waals surface area (Å²) in [5.41, 5.74) is 4.56. The van der Waals surface area contributed by atoms with Crippen molar-refractivity contribution in [2.24, 2.45) is 5.92 Å². The number of nitrogens with zero attached hydrogens (tertiary/aromatic N) is 4. The standard InChI is InChI=1S/C14H23NOSi.C13H21NOSi.C12H22Si2.C10H13NO.C7H20Si2.C6H18OSi2.C5H11I.C5H11NO.C5H14Si.C5H12.C4H9I.C4H9NO.C4H8O2.C4H12OSi.C3H5F3.3C3H8.CH3F/c1-6-10-17(4,5)14-9-7-8-13(11-14)15(3)12(2)16;1-5-16(3,4)11-14(12(2)15)13-9-7-6-8-10-13;1-13(2,3)11-7-9-12(10-8-11)14(4,5)6;1-3-11(9(2)12)10-7-5-4-6-8-10;2*1-8(2,3)7-9(4,5)6;1-4-5(2,3)6;1-4-6(3)5(2)7;1-5-6(2,3)4;1-4-5(2)3;1-3-4(2)5;1-3-5-4(2)6;1-3-6-4(2)5;1-4-6(2,3)5;1-2-3(4,5)6;3*1-3-2;1-2/h7-9,11H,6,10H2,1-5H3;6-10H,5,11H2,1-4H3;7-10H,1-6H3;4-8H,3H2,1-2H3;7H2,1-6H3;1-6H3;4H2,1-3H3;4H2,1-3H3;5H2,1-4H3;5H,4H2,1-3H3;4H,3H2,1-2H3;3H2,1-2H3,(H,5,6);3H2,1-2H3;5H,4H2,1-3H3;2H2,1H3;3*3H2,1-2H3;1H3. The van der Waals surface area contributed by atoms with Gasteiger partial charge in [-0.3, -0.25) is 33.2 Å². The SMILES string of the molecule is CCC.CCC.CCC.CCC(C)(C)I.CCC(C)C.CCC(C)I.CCC(F)(F)F.CCC[Si](C)(C)c1cccc(N(C)C(C)=O)c1.CCN(C(C)=O)c1ccccc1.CCN(C)C(C)=O.CCNC(C)=O.CCOC(C)=O.CC[Si](C)(C)C.CC[Si](C)(C)CN(C(C)=O)c1ccccc1.CC[Si](C)(C)O.CF.C[Si](C)(C)C[Si](C)(C)C.C[Si](C)(C)O[Si](C)(C)C.C[Si](C)(C)c1ccc([Si](C)(C)C)cc1. The molecule has 4 aromatic carbocycles. The van der Waals surface area contributed by atoms with Crippen LogP contribution in [0.15, 0.2) is 109 Å². The van der Waals surface area contributed by atoms with E-state index in [0.29, 0.717) is 17.2 Å². The third-order valence-corrected chi connectivity index (χ3v) is 48.5. The fourth-order valence-electron chi connectivity index (χ4n) is 9.47. The number of nitrogens with one attached hydrogen (secondary N) is 1. The van der Waals surface area contributed by atoms with Crippen LogP contribution in [0.4, 0.5) is 34.6 Å². The average Bonchev–Trinajstić information content (AvgIpc) is 0.833. The number of anilines is 3. The molecule has 1 unspecified atom stereocenters. The molecule has 840 valence electrons. The molecule has 0 aliphatic carbocycles. The van der Waals surface area contributed by atoms with E-state index in [9.17, 15) is 46.3 Å². The maximum Gasteiger partial charge on any atom is 0.388 e. The van der Waals surface area contributed by atoms with Crippen LogP contribution in [0.2, 0.25) is 207 Å². The van der Waals surface area contributed by atoms with E-state index < -0.39 is 94.1 Å². The summed E-state index contributed by atoms with van der Waals surface area (Å²) in [7, 11) is -6.89. The summed E-state index contributed by atoms with van der Waals surface area (Å²) < 4.78 is 53.5. The van der Waals surface area contributed by atoms with Gasteiger partial charge in [0.25, 0.3) is 0 Å². The van der Waals surface area contributed by atoms with Gasteiger partial charge in [0, 0.05) is 136 Å². The van der Waals surface area contributed by atoms with E-state index in [-0.39, 0.29) is 35.5 Å². The lowest BCUT2D eigenvalue weighted by atomic mass is 10.2. The summed E-state index contributed by atoms with van der Waals surface area (Å²) >= 11 is 4.85. The van der Waals surface area contributed by atoms with Crippen LogP contribution < -0.4 is 35.6 Å². The van der Waals surface area contributed by atoms with Crippen molar-refractivity contribution in [3.05, 3.63) is 109 Å². The van der Waals surface area contributed by atoms with E-state index in [1.165, 1.54) is 82.1 Å². The molecule has 2 N–H and O–H groups in total. The number of esters is 1. The van der Waals surface area contributed by atoms with Crippen LogP contribution in [-0.2, 0) is 37.6 Å². The molecule has 30 heteroatoms. The highest BCUT2D eigenvalue weighted by atomic mass is 127. The lowest BCUT2D eigenvalue weighted by Crippen LogP contribution is -2.44. The second-order valence-electron chi connectivity index (χ2n) is 45.3. The molecule has 141 heavy (non-hydrogen) atoms. The number of hydrogen-bond donors (Lipinski definition) is 2. The normalized spacial score (nSPS) is 10.9. The Morgan fingerprint density at radius 3 is 0.887 bits per heavy atom. The van der Waals surface area contributed by atoms with Crippen LogP contribution in [0, 0.1) is 5.92 Å². The summed E-state index contributed by atoms with van der Waals surface area (Å²) in [6.07, 6.45) is 5.05. The van der Waals surface area contributed by atoms with Gasteiger partial charge >= 0.3 is 12.1 Å². The largest absolute Gasteiger partial charge is 0.466 e. The van der Waals surface area contributed by atoms with Crippen LogP contribution in [0.3, 0.4) is 0 Å². The number of benzene rings is 4. The molecule has 0 saturated heterocycles. The van der Waals surface area contributed by atoms with E-state index in [2.05, 4.69) is 379 Å². The van der Waals surface area contributed by atoms with Crippen molar-refractivity contribution in [3.63, 3.8) is 0 Å². The zero-order valence-corrected chi connectivity index (χ0v) is 118. The Labute approximate surface area is 912 Å². The summed E-state index contributed by atoms with van der Waals surface area (Å²) in [5.74, 6) is 1.15. The minimum absolute atomic E-state index is 0.0394. The van der Waals surface area contributed by atoms with E-state index in [4.69, 9.17) is 8.91 Å². The minimum atomic E-state index is -3.96. The van der Waals surface area contributed by atoms with Gasteiger partial charge in [-0.25, -0.2) is 0 Å². The van der Waals surface area contributed by atoms with Crippen molar-refractivity contribution < 1.29 is 60.0 Å². The van der Waals surface area contributed by atoms with Crippen molar-refractivity contribution in [1.29, 1.82) is 0 Å². The highest BCUT2D eigenvalue weighted by Gasteiger charge is 2.28. The number of carbonyl (C=O) groups excluding carboxylic acids is 6. The fraction of sp³-hybridized carbons (Fsp3) is 0.730. The molecular formula is C111H235F4I2N5O9Si10. The fourth-order valence-corrected chi connectivity index (χ4v) is 36.0. The zero-order chi connectivity index (χ0) is 116. The monoisotopic (exact) mass is 2390 g/mol. The topological polar surface area (TPSA) is 166 Å².